The van der Waals surface area contributed by atoms with Gasteiger partial charge >= 0.3 is 0 Å². The molecule has 0 amide bonds. The van der Waals surface area contributed by atoms with Gasteiger partial charge in [0.05, 0.1) is 11.0 Å². The molecule has 0 aliphatic carbocycles. The number of nitriles is 1. The second-order valence-corrected chi connectivity index (χ2v) is 5.62. The highest BCUT2D eigenvalue weighted by Gasteiger charge is 2.32. The quantitative estimate of drug-likeness (QED) is 0.616. The fraction of sp³-hybridized carbons (Fsp3) is 0.533. The summed E-state index contributed by atoms with van der Waals surface area (Å²) in [5.74, 6) is 0.522. The third kappa shape index (κ3) is 2.69. The van der Waals surface area contributed by atoms with Crippen molar-refractivity contribution in [1.82, 2.24) is 0 Å². The Bertz CT molecular complexity index is 596. The van der Waals surface area contributed by atoms with E-state index in [1.165, 1.54) is 12.5 Å². The lowest BCUT2D eigenvalue weighted by Gasteiger charge is -2.42. The Balaban J connectivity index is 1.81. The average Bonchev–Trinajstić information content (AvgIpc) is 2.53. The van der Waals surface area contributed by atoms with Crippen LogP contribution in [0.5, 0.6) is 0 Å². The summed E-state index contributed by atoms with van der Waals surface area (Å²) >= 11 is 0. The van der Waals surface area contributed by atoms with Crippen LogP contribution in [0.4, 0.5) is 11.4 Å². The first-order valence-corrected chi connectivity index (χ1v) is 7.24. The summed E-state index contributed by atoms with van der Waals surface area (Å²) in [4.78, 5) is 12.6. The maximum absolute atomic E-state index is 10.9. The standard InChI is InChI=1S/C15H17N3O3/c16-9-12-8-13(3-4-14(12)18(19)20)17-6-5-15-11(10-17)2-1-7-21-15/h3-4,8,11,15H,1-2,5-7,10H2. The van der Waals surface area contributed by atoms with Crippen LogP contribution in [0, 0.1) is 27.4 Å². The summed E-state index contributed by atoms with van der Waals surface area (Å²) in [6.07, 6.45) is 3.59. The zero-order chi connectivity index (χ0) is 14.8. The summed E-state index contributed by atoms with van der Waals surface area (Å²) in [5.41, 5.74) is 0.887. The van der Waals surface area contributed by atoms with Crippen molar-refractivity contribution in [2.75, 3.05) is 24.6 Å². The van der Waals surface area contributed by atoms with Crippen molar-refractivity contribution >= 4 is 11.4 Å². The zero-order valence-corrected chi connectivity index (χ0v) is 11.7. The second-order valence-electron chi connectivity index (χ2n) is 5.62. The van der Waals surface area contributed by atoms with Gasteiger partial charge in [-0.1, -0.05) is 0 Å². The summed E-state index contributed by atoms with van der Waals surface area (Å²) in [6.45, 7) is 2.62. The summed E-state index contributed by atoms with van der Waals surface area (Å²) < 4.78 is 5.79. The van der Waals surface area contributed by atoms with Gasteiger partial charge in [0.15, 0.2) is 0 Å². The molecule has 2 heterocycles. The Morgan fingerprint density at radius 2 is 2.29 bits per heavy atom. The molecule has 2 atom stereocenters. The Kier molecular flexibility index (Phi) is 3.76. The van der Waals surface area contributed by atoms with Gasteiger partial charge in [0.2, 0.25) is 0 Å². The normalized spacial score (nSPS) is 25.0. The number of nitrogens with zero attached hydrogens (tertiary/aromatic N) is 3. The molecule has 3 rings (SSSR count). The average molecular weight is 287 g/mol. The number of ether oxygens (including phenoxy) is 1. The van der Waals surface area contributed by atoms with Crippen molar-refractivity contribution in [2.45, 2.75) is 25.4 Å². The van der Waals surface area contributed by atoms with Crippen molar-refractivity contribution < 1.29 is 9.66 Å². The highest BCUT2D eigenvalue weighted by molar-refractivity contribution is 5.60. The molecule has 1 aromatic rings. The van der Waals surface area contributed by atoms with Crippen LogP contribution in [0.15, 0.2) is 18.2 Å². The third-order valence-corrected chi connectivity index (χ3v) is 4.38. The smallest absolute Gasteiger partial charge is 0.287 e. The van der Waals surface area contributed by atoms with Gasteiger partial charge in [0.25, 0.3) is 5.69 Å². The van der Waals surface area contributed by atoms with Crippen molar-refractivity contribution in [3.05, 3.63) is 33.9 Å². The molecule has 0 spiro atoms. The monoisotopic (exact) mass is 287 g/mol. The number of hydrogen-bond donors (Lipinski definition) is 0. The number of anilines is 1. The molecule has 2 unspecified atom stereocenters. The van der Waals surface area contributed by atoms with E-state index in [9.17, 15) is 10.1 Å². The second kappa shape index (κ2) is 5.70. The van der Waals surface area contributed by atoms with Crippen LogP contribution in [0.2, 0.25) is 0 Å². The van der Waals surface area contributed by atoms with Crippen LogP contribution in [0.25, 0.3) is 0 Å². The maximum Gasteiger partial charge on any atom is 0.287 e. The first kappa shape index (κ1) is 13.8. The summed E-state index contributed by atoms with van der Waals surface area (Å²) in [7, 11) is 0. The van der Waals surface area contributed by atoms with E-state index in [1.807, 2.05) is 6.07 Å². The molecule has 0 N–H and O–H groups in total. The van der Waals surface area contributed by atoms with Gasteiger partial charge in [-0.25, -0.2) is 0 Å². The summed E-state index contributed by atoms with van der Waals surface area (Å²) in [5, 5.41) is 20.0. The van der Waals surface area contributed by atoms with E-state index in [4.69, 9.17) is 10.00 Å². The largest absolute Gasteiger partial charge is 0.378 e. The van der Waals surface area contributed by atoms with Crippen LogP contribution in [-0.2, 0) is 4.74 Å². The number of benzene rings is 1. The zero-order valence-electron chi connectivity index (χ0n) is 11.7. The van der Waals surface area contributed by atoms with Crippen LogP contribution < -0.4 is 4.90 Å². The van der Waals surface area contributed by atoms with Gasteiger partial charge in [-0.15, -0.1) is 0 Å². The van der Waals surface area contributed by atoms with Crippen molar-refractivity contribution in [3.8, 4) is 6.07 Å². The molecule has 2 fully saturated rings. The van der Waals surface area contributed by atoms with Gasteiger partial charge in [-0.2, -0.15) is 5.26 Å². The Morgan fingerprint density at radius 1 is 1.43 bits per heavy atom. The van der Waals surface area contributed by atoms with Gasteiger partial charge in [0.1, 0.15) is 11.6 Å². The molecule has 0 aromatic heterocycles. The molecular formula is C15H17N3O3. The van der Waals surface area contributed by atoms with Crippen molar-refractivity contribution in [3.63, 3.8) is 0 Å². The number of fused-ring (bicyclic) bond motifs is 1. The van der Waals surface area contributed by atoms with Gasteiger partial charge in [0, 0.05) is 37.4 Å². The van der Waals surface area contributed by atoms with Gasteiger partial charge < -0.3 is 9.64 Å². The molecule has 2 saturated heterocycles. The van der Waals surface area contributed by atoms with E-state index < -0.39 is 4.92 Å². The minimum Gasteiger partial charge on any atom is -0.378 e. The molecule has 0 saturated carbocycles. The van der Waals surface area contributed by atoms with Gasteiger partial charge in [-0.05, 0) is 31.4 Å². The molecule has 110 valence electrons. The number of rotatable bonds is 2. The molecular weight excluding hydrogens is 270 g/mol. The van der Waals surface area contributed by atoms with Crippen LogP contribution in [0.1, 0.15) is 24.8 Å². The van der Waals surface area contributed by atoms with E-state index in [0.717, 1.165) is 38.2 Å². The Morgan fingerprint density at radius 3 is 3.05 bits per heavy atom. The first-order valence-electron chi connectivity index (χ1n) is 7.24. The van der Waals surface area contributed by atoms with Crippen molar-refractivity contribution in [1.29, 1.82) is 5.26 Å². The van der Waals surface area contributed by atoms with E-state index in [0.29, 0.717) is 12.0 Å². The fourth-order valence-corrected chi connectivity index (χ4v) is 3.29. The molecule has 0 bridgehead atoms. The minimum absolute atomic E-state index is 0.125. The van der Waals surface area contributed by atoms with Gasteiger partial charge in [-0.3, -0.25) is 10.1 Å². The predicted molar refractivity (Wildman–Crippen MR) is 77.1 cm³/mol. The lowest BCUT2D eigenvalue weighted by Crippen LogP contribution is -2.46. The lowest BCUT2D eigenvalue weighted by atomic mass is 9.88. The van der Waals surface area contributed by atoms with E-state index in [2.05, 4.69) is 4.90 Å². The SMILES string of the molecule is N#Cc1cc(N2CCC3OCCCC3C2)ccc1[N+](=O)[O-]. The molecule has 0 radical (unpaired) electrons. The number of hydrogen-bond acceptors (Lipinski definition) is 5. The third-order valence-electron chi connectivity index (χ3n) is 4.38. The molecule has 1 aromatic carbocycles. The fourth-order valence-electron chi connectivity index (χ4n) is 3.29. The molecule has 21 heavy (non-hydrogen) atoms. The number of nitro benzene ring substituents is 1. The first-order chi connectivity index (χ1) is 10.2. The molecule has 6 heteroatoms. The Labute approximate surface area is 123 Å². The Hall–Kier alpha value is -2.13. The van der Waals surface area contributed by atoms with Crippen molar-refractivity contribution in [2.24, 2.45) is 5.92 Å². The van der Waals surface area contributed by atoms with E-state index in [-0.39, 0.29) is 11.3 Å². The predicted octanol–water partition coefficient (Wildman–Crippen LogP) is 2.47. The number of nitro groups is 1. The molecule has 2 aliphatic heterocycles. The minimum atomic E-state index is -0.510. The number of piperidine rings is 1. The highest BCUT2D eigenvalue weighted by atomic mass is 16.6. The van der Waals surface area contributed by atoms with Crippen LogP contribution in [-0.4, -0.2) is 30.7 Å². The topological polar surface area (TPSA) is 79.4 Å². The van der Waals surface area contributed by atoms with E-state index in [1.54, 1.807) is 12.1 Å². The summed E-state index contributed by atoms with van der Waals surface area (Å²) in [6, 6.07) is 6.71. The van der Waals surface area contributed by atoms with E-state index >= 15 is 0 Å². The highest BCUT2D eigenvalue weighted by Crippen LogP contribution is 2.32. The maximum atomic E-state index is 10.9. The van der Waals surface area contributed by atoms with Crippen LogP contribution >= 0.6 is 0 Å². The molecule has 2 aliphatic rings. The molecule has 6 nitrogen and oxygen atoms in total. The lowest BCUT2D eigenvalue weighted by molar-refractivity contribution is -0.385. The van der Waals surface area contributed by atoms with Crippen LogP contribution in [0.3, 0.4) is 0 Å².